The van der Waals surface area contributed by atoms with E-state index in [1.54, 1.807) is 0 Å². The van der Waals surface area contributed by atoms with E-state index in [4.69, 9.17) is 5.10 Å². The molecule has 5 nitrogen and oxygen atoms in total. The zero-order chi connectivity index (χ0) is 19.7. The van der Waals surface area contributed by atoms with Crippen LogP contribution in [-0.4, -0.2) is 57.7 Å². The van der Waals surface area contributed by atoms with Crippen molar-refractivity contribution in [2.45, 2.75) is 45.6 Å². The van der Waals surface area contributed by atoms with Gasteiger partial charge in [-0.2, -0.15) is 5.10 Å². The predicted octanol–water partition coefficient (Wildman–Crippen LogP) is 3.13. The first kappa shape index (κ1) is 19.2. The zero-order valence-electron chi connectivity index (χ0n) is 17.4. The average molecular weight is 381 g/mol. The van der Waals surface area contributed by atoms with E-state index in [-0.39, 0.29) is 0 Å². The molecule has 3 heterocycles. The molecule has 2 aliphatic rings. The number of likely N-dealkylation sites (tertiary alicyclic amines) is 1. The van der Waals surface area contributed by atoms with Crippen LogP contribution >= 0.6 is 0 Å². The predicted molar refractivity (Wildman–Crippen MR) is 112 cm³/mol. The van der Waals surface area contributed by atoms with Crippen molar-refractivity contribution in [3.63, 3.8) is 0 Å². The van der Waals surface area contributed by atoms with Gasteiger partial charge in [-0.1, -0.05) is 30.3 Å². The summed E-state index contributed by atoms with van der Waals surface area (Å²) >= 11 is 0. The Hall–Kier alpha value is -2.14. The van der Waals surface area contributed by atoms with E-state index in [1.807, 2.05) is 0 Å². The molecule has 0 N–H and O–H groups in total. The van der Waals surface area contributed by atoms with Crippen molar-refractivity contribution in [2.75, 3.05) is 26.2 Å². The number of hydrogen-bond donors (Lipinski definition) is 0. The lowest BCUT2D eigenvalue weighted by molar-refractivity contribution is -0.136. The molecule has 0 radical (unpaired) electrons. The smallest absolute Gasteiger partial charge is 0.222 e. The van der Waals surface area contributed by atoms with Gasteiger partial charge in [0.05, 0.1) is 5.69 Å². The van der Waals surface area contributed by atoms with Crippen LogP contribution in [0.3, 0.4) is 0 Å². The Morgan fingerprint density at radius 1 is 1.11 bits per heavy atom. The molecule has 1 aromatic heterocycles. The standard InChI is InChI=1S/C23H32N4O/c1-17(2)27-16-18(9-10-22(27)28)15-26-13-11-20-21(12-14-26)25(3)24-23(20)19-7-5-4-6-8-19/h4-8,17-18H,9-16H2,1-3H3. The lowest BCUT2D eigenvalue weighted by atomic mass is 9.95. The van der Waals surface area contributed by atoms with Crippen LogP contribution in [0, 0.1) is 5.92 Å². The van der Waals surface area contributed by atoms with Crippen molar-refractivity contribution in [1.82, 2.24) is 19.6 Å². The normalized spacial score (nSPS) is 21.1. The molecule has 28 heavy (non-hydrogen) atoms. The number of amides is 1. The maximum Gasteiger partial charge on any atom is 0.222 e. The number of aryl methyl sites for hydroxylation is 1. The van der Waals surface area contributed by atoms with E-state index >= 15 is 0 Å². The number of nitrogens with zero attached hydrogens (tertiary/aromatic N) is 4. The van der Waals surface area contributed by atoms with Crippen molar-refractivity contribution >= 4 is 5.91 Å². The van der Waals surface area contributed by atoms with Crippen LogP contribution in [0.5, 0.6) is 0 Å². The number of hydrogen-bond acceptors (Lipinski definition) is 3. The number of carbonyl (C=O) groups excluding carboxylic acids is 1. The Labute approximate surface area is 168 Å². The third-order valence-electron chi connectivity index (χ3n) is 6.35. The maximum absolute atomic E-state index is 12.2. The minimum absolute atomic E-state index is 0.309. The molecule has 2 aliphatic heterocycles. The summed E-state index contributed by atoms with van der Waals surface area (Å²) in [6.45, 7) is 8.41. The summed E-state index contributed by atoms with van der Waals surface area (Å²) < 4.78 is 2.08. The van der Waals surface area contributed by atoms with Crippen molar-refractivity contribution < 1.29 is 4.79 Å². The first-order valence-electron chi connectivity index (χ1n) is 10.6. The van der Waals surface area contributed by atoms with Crippen LogP contribution in [0.2, 0.25) is 0 Å². The molecular weight excluding hydrogens is 348 g/mol. The molecule has 5 heteroatoms. The molecule has 0 bridgehead atoms. The first-order valence-corrected chi connectivity index (χ1v) is 10.6. The molecule has 1 saturated heterocycles. The zero-order valence-corrected chi connectivity index (χ0v) is 17.4. The molecule has 150 valence electrons. The Morgan fingerprint density at radius 2 is 1.86 bits per heavy atom. The summed E-state index contributed by atoms with van der Waals surface area (Å²) in [5.74, 6) is 0.918. The molecule has 1 fully saturated rings. The summed E-state index contributed by atoms with van der Waals surface area (Å²) in [7, 11) is 2.08. The maximum atomic E-state index is 12.2. The van der Waals surface area contributed by atoms with Gasteiger partial charge in [0.1, 0.15) is 0 Å². The number of aromatic nitrogens is 2. The molecule has 1 amide bonds. The Morgan fingerprint density at radius 3 is 2.61 bits per heavy atom. The van der Waals surface area contributed by atoms with Crippen molar-refractivity contribution in [2.24, 2.45) is 13.0 Å². The average Bonchev–Trinajstić information content (AvgIpc) is 2.86. The van der Waals surface area contributed by atoms with Gasteiger partial charge in [0.2, 0.25) is 5.91 Å². The van der Waals surface area contributed by atoms with Gasteiger partial charge in [0, 0.05) is 68.9 Å². The second kappa shape index (κ2) is 8.08. The highest BCUT2D eigenvalue weighted by atomic mass is 16.2. The SMILES string of the molecule is CC(C)N1CC(CN2CCc3c(-c4ccccc4)nn(C)c3CC2)CCC1=O. The van der Waals surface area contributed by atoms with Gasteiger partial charge in [-0.05, 0) is 32.6 Å². The molecule has 0 spiro atoms. The number of fused-ring (bicyclic) bond motifs is 1. The van der Waals surface area contributed by atoms with Crippen LogP contribution < -0.4 is 0 Å². The number of piperidine rings is 1. The van der Waals surface area contributed by atoms with Crippen LogP contribution in [0.4, 0.5) is 0 Å². The molecule has 4 rings (SSSR count). The first-order chi connectivity index (χ1) is 13.5. The van der Waals surface area contributed by atoms with Gasteiger partial charge >= 0.3 is 0 Å². The van der Waals surface area contributed by atoms with E-state index in [0.717, 1.165) is 51.1 Å². The minimum atomic E-state index is 0.309. The van der Waals surface area contributed by atoms with E-state index in [9.17, 15) is 4.79 Å². The van der Waals surface area contributed by atoms with Crippen molar-refractivity contribution in [1.29, 1.82) is 0 Å². The molecule has 1 unspecified atom stereocenters. The summed E-state index contributed by atoms with van der Waals surface area (Å²) in [5.41, 5.74) is 5.16. The van der Waals surface area contributed by atoms with Crippen LogP contribution in [0.25, 0.3) is 11.3 Å². The van der Waals surface area contributed by atoms with Gasteiger partial charge in [-0.25, -0.2) is 0 Å². The molecule has 0 saturated carbocycles. The Bertz CT molecular complexity index is 827. The fourth-order valence-corrected chi connectivity index (χ4v) is 4.79. The molecule has 1 atom stereocenters. The van der Waals surface area contributed by atoms with Gasteiger partial charge < -0.3 is 9.80 Å². The van der Waals surface area contributed by atoms with Gasteiger partial charge in [0.15, 0.2) is 0 Å². The molecule has 1 aromatic carbocycles. The molecular formula is C23H32N4O. The highest BCUT2D eigenvalue weighted by molar-refractivity contribution is 5.77. The summed E-state index contributed by atoms with van der Waals surface area (Å²) in [6.07, 6.45) is 3.83. The number of benzene rings is 1. The summed E-state index contributed by atoms with van der Waals surface area (Å²) in [5, 5.41) is 4.84. The second-order valence-electron chi connectivity index (χ2n) is 8.61. The fraction of sp³-hybridized carbons (Fsp3) is 0.565. The lowest BCUT2D eigenvalue weighted by Crippen LogP contribution is -2.47. The highest BCUT2D eigenvalue weighted by Gasteiger charge is 2.29. The molecule has 2 aromatic rings. The van der Waals surface area contributed by atoms with Crippen molar-refractivity contribution in [3.8, 4) is 11.3 Å². The second-order valence-corrected chi connectivity index (χ2v) is 8.61. The van der Waals surface area contributed by atoms with Gasteiger partial charge in [0.25, 0.3) is 0 Å². The lowest BCUT2D eigenvalue weighted by Gasteiger charge is -2.37. The van der Waals surface area contributed by atoms with E-state index in [0.29, 0.717) is 24.3 Å². The third-order valence-corrected chi connectivity index (χ3v) is 6.35. The van der Waals surface area contributed by atoms with Crippen LogP contribution in [0.1, 0.15) is 37.9 Å². The third kappa shape index (κ3) is 3.86. The fourth-order valence-electron chi connectivity index (χ4n) is 4.79. The largest absolute Gasteiger partial charge is 0.340 e. The number of rotatable bonds is 4. The topological polar surface area (TPSA) is 41.4 Å². The van der Waals surface area contributed by atoms with E-state index in [1.165, 1.54) is 16.8 Å². The monoisotopic (exact) mass is 380 g/mol. The summed E-state index contributed by atoms with van der Waals surface area (Å²) in [4.78, 5) is 16.8. The highest BCUT2D eigenvalue weighted by Crippen LogP contribution is 2.29. The molecule has 0 aliphatic carbocycles. The Balaban J connectivity index is 1.45. The minimum Gasteiger partial charge on any atom is -0.340 e. The van der Waals surface area contributed by atoms with Crippen molar-refractivity contribution in [3.05, 3.63) is 41.6 Å². The van der Waals surface area contributed by atoms with Gasteiger partial charge in [-0.15, -0.1) is 0 Å². The van der Waals surface area contributed by atoms with Gasteiger partial charge in [-0.3, -0.25) is 9.48 Å². The number of carbonyl (C=O) groups is 1. The van der Waals surface area contributed by atoms with Crippen LogP contribution in [-0.2, 0) is 24.7 Å². The van der Waals surface area contributed by atoms with E-state index < -0.39 is 0 Å². The quantitative estimate of drug-likeness (QED) is 0.818. The van der Waals surface area contributed by atoms with E-state index in [2.05, 4.69) is 65.7 Å². The Kier molecular flexibility index (Phi) is 5.54. The summed E-state index contributed by atoms with van der Waals surface area (Å²) in [6, 6.07) is 10.9. The van der Waals surface area contributed by atoms with Crippen LogP contribution in [0.15, 0.2) is 30.3 Å².